The maximum Gasteiger partial charge on any atom is 0.196 e. The van der Waals surface area contributed by atoms with E-state index in [1.54, 1.807) is 6.92 Å². The summed E-state index contributed by atoms with van der Waals surface area (Å²) in [5, 5.41) is 0.203. The highest BCUT2D eigenvalue weighted by Gasteiger charge is 2.46. The molecule has 0 aliphatic heterocycles. The molecule has 0 bridgehead atoms. The Balaban J connectivity index is 1.88. The second kappa shape index (κ2) is 6.64. The van der Waals surface area contributed by atoms with E-state index >= 15 is 4.39 Å². The second-order valence-corrected chi connectivity index (χ2v) is 6.73. The predicted molar refractivity (Wildman–Crippen MR) is 90.0 cm³/mol. The summed E-state index contributed by atoms with van der Waals surface area (Å²) in [6.07, 6.45) is 1.06. The molecule has 0 unspecified atom stereocenters. The van der Waals surface area contributed by atoms with Gasteiger partial charge in [0.1, 0.15) is 11.5 Å². The molecule has 3 rings (SSSR count). The van der Waals surface area contributed by atoms with Gasteiger partial charge in [-0.2, -0.15) is 0 Å². The highest BCUT2D eigenvalue weighted by atomic mass is 35.5. The quantitative estimate of drug-likeness (QED) is 0.785. The van der Waals surface area contributed by atoms with Gasteiger partial charge in [0.15, 0.2) is 17.2 Å². The fraction of sp³-hybridized carbons (Fsp3) is 0.316. The number of benzene rings is 1. The first kappa shape index (κ1) is 17.7. The summed E-state index contributed by atoms with van der Waals surface area (Å²) in [5.74, 6) is -1.74. The zero-order chi connectivity index (χ0) is 18.2. The Hall–Kier alpha value is -2.14. The van der Waals surface area contributed by atoms with Gasteiger partial charge in [-0.3, -0.25) is 14.6 Å². The third-order valence-electron chi connectivity index (χ3n) is 4.62. The fourth-order valence-electron chi connectivity index (χ4n) is 3.23. The summed E-state index contributed by atoms with van der Waals surface area (Å²) in [6, 6.07) is 6.88. The first-order valence-corrected chi connectivity index (χ1v) is 8.36. The van der Waals surface area contributed by atoms with Gasteiger partial charge < -0.3 is 0 Å². The summed E-state index contributed by atoms with van der Waals surface area (Å²) in [5.41, 5.74) is -1.60. The molecule has 0 N–H and O–H groups in total. The highest BCUT2D eigenvalue weighted by Crippen LogP contribution is 2.41. The molecule has 0 spiro atoms. The summed E-state index contributed by atoms with van der Waals surface area (Å²) in [4.78, 5) is 28.6. The van der Waals surface area contributed by atoms with E-state index in [-0.39, 0.29) is 47.2 Å². The Bertz CT molecular complexity index is 855. The molecular formula is C19H16ClF2NO2. The molecule has 6 heteroatoms. The molecule has 1 heterocycles. The van der Waals surface area contributed by atoms with Gasteiger partial charge in [-0.1, -0.05) is 30.7 Å². The molecule has 0 radical (unpaired) electrons. The van der Waals surface area contributed by atoms with E-state index in [1.165, 1.54) is 36.5 Å². The molecule has 1 aliphatic carbocycles. The number of fused-ring (bicyclic) bond motifs is 1. The minimum Gasteiger partial charge on any atom is -0.296 e. The predicted octanol–water partition coefficient (Wildman–Crippen LogP) is 4.78. The molecule has 3 nitrogen and oxygen atoms in total. The van der Waals surface area contributed by atoms with E-state index in [0.29, 0.717) is 5.56 Å². The monoisotopic (exact) mass is 363 g/mol. The van der Waals surface area contributed by atoms with Crippen molar-refractivity contribution in [1.82, 2.24) is 4.98 Å². The number of hydrogen-bond acceptors (Lipinski definition) is 3. The second-order valence-electron chi connectivity index (χ2n) is 6.32. The van der Waals surface area contributed by atoms with Gasteiger partial charge in [0.25, 0.3) is 0 Å². The molecular weight excluding hydrogens is 348 g/mol. The third kappa shape index (κ3) is 3.21. The van der Waals surface area contributed by atoms with Crippen molar-refractivity contribution in [3.8, 4) is 0 Å². The molecule has 130 valence electrons. The Kier molecular flexibility index (Phi) is 4.69. The third-order valence-corrected chi connectivity index (χ3v) is 4.95. The van der Waals surface area contributed by atoms with Gasteiger partial charge in [0.2, 0.25) is 0 Å². The molecule has 0 saturated carbocycles. The van der Waals surface area contributed by atoms with E-state index in [4.69, 9.17) is 11.6 Å². The topological polar surface area (TPSA) is 47.0 Å². The van der Waals surface area contributed by atoms with Crippen LogP contribution in [0.15, 0.2) is 36.5 Å². The SMILES string of the molecule is C[C@H](CC(=O)[C@]1(F)CCC(=O)c2ncccc21)c1ccc(F)cc1Cl. The van der Waals surface area contributed by atoms with Crippen LogP contribution in [-0.4, -0.2) is 16.6 Å². The van der Waals surface area contributed by atoms with E-state index in [0.717, 1.165) is 0 Å². The van der Waals surface area contributed by atoms with Crippen molar-refractivity contribution in [3.05, 3.63) is 64.2 Å². The summed E-state index contributed by atoms with van der Waals surface area (Å²) >= 11 is 6.03. The minimum atomic E-state index is -2.24. The lowest BCUT2D eigenvalue weighted by atomic mass is 9.77. The van der Waals surface area contributed by atoms with Crippen LogP contribution in [0.3, 0.4) is 0 Å². The number of aromatic nitrogens is 1. The molecule has 1 aromatic heterocycles. The van der Waals surface area contributed by atoms with Crippen LogP contribution < -0.4 is 0 Å². The van der Waals surface area contributed by atoms with Crippen molar-refractivity contribution in [2.75, 3.05) is 0 Å². The molecule has 2 atom stereocenters. The van der Waals surface area contributed by atoms with E-state index < -0.39 is 17.3 Å². The van der Waals surface area contributed by atoms with Crippen molar-refractivity contribution in [3.63, 3.8) is 0 Å². The van der Waals surface area contributed by atoms with Crippen LogP contribution in [0.2, 0.25) is 5.02 Å². The van der Waals surface area contributed by atoms with Crippen LogP contribution >= 0.6 is 11.6 Å². The number of carbonyl (C=O) groups is 2. The molecule has 2 aromatic rings. The van der Waals surface area contributed by atoms with Crippen LogP contribution in [0, 0.1) is 5.82 Å². The van der Waals surface area contributed by atoms with Crippen molar-refractivity contribution in [1.29, 1.82) is 0 Å². The maximum absolute atomic E-state index is 15.5. The summed E-state index contributed by atoms with van der Waals surface area (Å²) < 4.78 is 28.7. The van der Waals surface area contributed by atoms with Crippen LogP contribution in [0.5, 0.6) is 0 Å². The lowest BCUT2D eigenvalue weighted by Gasteiger charge is -2.30. The number of Topliss-reactive ketones (excluding diaryl/α,β-unsaturated/α-hetero) is 2. The highest BCUT2D eigenvalue weighted by molar-refractivity contribution is 6.31. The number of rotatable bonds is 4. The van der Waals surface area contributed by atoms with Crippen LogP contribution in [0.4, 0.5) is 8.78 Å². The molecule has 0 amide bonds. The zero-order valence-electron chi connectivity index (χ0n) is 13.6. The van der Waals surface area contributed by atoms with Gasteiger partial charge in [0.05, 0.1) is 0 Å². The number of alkyl halides is 1. The summed E-state index contributed by atoms with van der Waals surface area (Å²) in [6.45, 7) is 1.73. The number of carbonyl (C=O) groups excluding carboxylic acids is 2. The number of ketones is 2. The number of hydrogen-bond donors (Lipinski definition) is 0. The van der Waals surface area contributed by atoms with Gasteiger partial charge in [-0.05, 0) is 29.7 Å². The van der Waals surface area contributed by atoms with Crippen molar-refractivity contribution in [2.45, 2.75) is 37.8 Å². The van der Waals surface area contributed by atoms with Crippen molar-refractivity contribution in [2.24, 2.45) is 0 Å². The minimum absolute atomic E-state index is 0.0251. The first-order chi connectivity index (χ1) is 11.8. The van der Waals surface area contributed by atoms with Crippen molar-refractivity contribution >= 4 is 23.2 Å². The standard InChI is InChI=1S/C19H16ClF2NO2/c1-11(13-5-4-12(21)10-15(13)20)9-17(25)19(22)7-6-16(24)18-14(19)3-2-8-23-18/h2-5,8,10-11H,6-7,9H2,1H3/t11-,19+/m1/s1. The largest absolute Gasteiger partial charge is 0.296 e. The molecule has 1 aromatic carbocycles. The van der Waals surface area contributed by atoms with Crippen LogP contribution in [0.25, 0.3) is 0 Å². The number of pyridine rings is 1. The first-order valence-electron chi connectivity index (χ1n) is 7.99. The molecule has 25 heavy (non-hydrogen) atoms. The lowest BCUT2D eigenvalue weighted by Crippen LogP contribution is -2.37. The van der Waals surface area contributed by atoms with Gasteiger partial charge in [0, 0.05) is 36.0 Å². The number of nitrogens with zero attached hydrogens (tertiary/aromatic N) is 1. The normalized spacial score (nSPS) is 20.9. The van der Waals surface area contributed by atoms with Crippen molar-refractivity contribution < 1.29 is 18.4 Å². The Morgan fingerprint density at radius 3 is 2.88 bits per heavy atom. The van der Waals surface area contributed by atoms with E-state index in [9.17, 15) is 14.0 Å². The lowest BCUT2D eigenvalue weighted by molar-refractivity contribution is -0.132. The van der Waals surface area contributed by atoms with Crippen LogP contribution in [-0.2, 0) is 10.5 Å². The van der Waals surface area contributed by atoms with Gasteiger partial charge >= 0.3 is 0 Å². The molecule has 0 fully saturated rings. The van der Waals surface area contributed by atoms with Gasteiger partial charge in [-0.15, -0.1) is 0 Å². The maximum atomic E-state index is 15.5. The Labute approximate surface area is 149 Å². The molecule has 1 aliphatic rings. The smallest absolute Gasteiger partial charge is 0.196 e. The van der Waals surface area contributed by atoms with E-state index in [2.05, 4.69) is 4.98 Å². The average molecular weight is 364 g/mol. The summed E-state index contributed by atoms with van der Waals surface area (Å²) in [7, 11) is 0. The van der Waals surface area contributed by atoms with E-state index in [1.807, 2.05) is 0 Å². The zero-order valence-corrected chi connectivity index (χ0v) is 14.3. The number of halogens is 3. The Morgan fingerprint density at radius 2 is 2.16 bits per heavy atom. The average Bonchev–Trinajstić information content (AvgIpc) is 2.58. The Morgan fingerprint density at radius 1 is 1.40 bits per heavy atom. The van der Waals surface area contributed by atoms with Crippen LogP contribution in [0.1, 0.15) is 53.7 Å². The van der Waals surface area contributed by atoms with Gasteiger partial charge in [-0.25, -0.2) is 8.78 Å². The fourth-order valence-corrected chi connectivity index (χ4v) is 3.58. The molecule has 0 saturated heterocycles.